The first-order chi connectivity index (χ1) is 10.7. The molecule has 0 spiro atoms. The number of nitriles is 1. The van der Waals surface area contributed by atoms with E-state index in [0.29, 0.717) is 6.42 Å². The molecule has 0 bridgehead atoms. The second kappa shape index (κ2) is 6.85. The number of fused-ring (bicyclic) bond motifs is 3. The Kier molecular flexibility index (Phi) is 4.85. The monoisotopic (exact) mass is 418 g/mol. The fourth-order valence-corrected chi connectivity index (χ4v) is 3.66. The van der Waals surface area contributed by atoms with E-state index >= 15 is 0 Å². The standard InChI is InChI=1S/C18H16Br2N2/c19-13-5-7-17-15(11-13)16-12-14(20)6-8-18(16)22(17)10-4-2-1-3-9-21/h5-8,11-12H,1-4,10H2. The Balaban J connectivity index is 2.01. The van der Waals surface area contributed by atoms with Crippen LogP contribution in [0.15, 0.2) is 45.3 Å². The zero-order valence-electron chi connectivity index (χ0n) is 12.1. The predicted molar refractivity (Wildman–Crippen MR) is 98.9 cm³/mol. The van der Waals surface area contributed by atoms with E-state index in [1.54, 1.807) is 0 Å². The third kappa shape index (κ3) is 3.06. The van der Waals surface area contributed by atoms with Crippen molar-refractivity contribution in [3.8, 4) is 6.07 Å². The van der Waals surface area contributed by atoms with Crippen LogP contribution in [-0.2, 0) is 6.54 Å². The fourth-order valence-electron chi connectivity index (χ4n) is 2.94. The van der Waals surface area contributed by atoms with Crippen molar-refractivity contribution in [1.82, 2.24) is 4.57 Å². The van der Waals surface area contributed by atoms with Gasteiger partial charge in [0.05, 0.1) is 6.07 Å². The molecule has 3 rings (SSSR count). The first-order valence-corrected chi connectivity index (χ1v) is 9.03. The maximum atomic E-state index is 8.62. The number of aromatic nitrogens is 1. The topological polar surface area (TPSA) is 28.7 Å². The van der Waals surface area contributed by atoms with Crippen LogP contribution >= 0.6 is 31.9 Å². The molecule has 22 heavy (non-hydrogen) atoms. The number of halogens is 2. The summed E-state index contributed by atoms with van der Waals surface area (Å²) in [5.74, 6) is 0. The summed E-state index contributed by atoms with van der Waals surface area (Å²) in [5, 5.41) is 11.2. The molecule has 0 amide bonds. The molecule has 0 radical (unpaired) electrons. The highest BCUT2D eigenvalue weighted by atomic mass is 79.9. The van der Waals surface area contributed by atoms with Gasteiger partial charge in [-0.15, -0.1) is 0 Å². The number of nitrogens with zero attached hydrogens (tertiary/aromatic N) is 2. The molecule has 0 unspecified atom stereocenters. The molecule has 0 fully saturated rings. The van der Waals surface area contributed by atoms with Crippen molar-refractivity contribution in [2.24, 2.45) is 0 Å². The van der Waals surface area contributed by atoms with Crippen LogP contribution in [0.25, 0.3) is 21.8 Å². The van der Waals surface area contributed by atoms with E-state index in [4.69, 9.17) is 5.26 Å². The number of hydrogen-bond acceptors (Lipinski definition) is 1. The summed E-state index contributed by atoms with van der Waals surface area (Å²) >= 11 is 7.15. The van der Waals surface area contributed by atoms with Crippen LogP contribution in [0.1, 0.15) is 25.7 Å². The molecule has 0 aliphatic carbocycles. The molecule has 112 valence electrons. The van der Waals surface area contributed by atoms with Crippen molar-refractivity contribution in [3.05, 3.63) is 45.3 Å². The molecule has 1 heterocycles. The second-order valence-electron chi connectivity index (χ2n) is 5.44. The molecule has 1 aromatic heterocycles. The molecular weight excluding hydrogens is 404 g/mol. The zero-order valence-corrected chi connectivity index (χ0v) is 15.3. The van der Waals surface area contributed by atoms with E-state index in [2.05, 4.69) is 78.9 Å². The largest absolute Gasteiger partial charge is 0.340 e. The van der Waals surface area contributed by atoms with Gasteiger partial charge in [0.15, 0.2) is 0 Å². The lowest BCUT2D eigenvalue weighted by Crippen LogP contribution is -1.97. The van der Waals surface area contributed by atoms with Gasteiger partial charge in [-0.1, -0.05) is 38.3 Å². The van der Waals surface area contributed by atoms with Gasteiger partial charge in [-0.05, 0) is 49.2 Å². The SMILES string of the molecule is N#CCCCCCn1c2ccc(Br)cc2c2cc(Br)ccc21. The minimum absolute atomic E-state index is 0.660. The molecule has 2 nitrogen and oxygen atoms in total. The van der Waals surface area contributed by atoms with Gasteiger partial charge < -0.3 is 4.57 Å². The van der Waals surface area contributed by atoms with Gasteiger partial charge in [-0.25, -0.2) is 0 Å². The Morgan fingerprint density at radius 3 is 2.00 bits per heavy atom. The van der Waals surface area contributed by atoms with Crippen molar-refractivity contribution in [2.75, 3.05) is 0 Å². The van der Waals surface area contributed by atoms with Crippen molar-refractivity contribution in [1.29, 1.82) is 5.26 Å². The summed E-state index contributed by atoms with van der Waals surface area (Å²) in [6.45, 7) is 0.995. The summed E-state index contributed by atoms with van der Waals surface area (Å²) in [6, 6.07) is 15.2. The van der Waals surface area contributed by atoms with Crippen LogP contribution < -0.4 is 0 Å². The highest BCUT2D eigenvalue weighted by molar-refractivity contribution is 9.10. The lowest BCUT2D eigenvalue weighted by Gasteiger charge is -2.07. The Labute approximate surface area is 147 Å². The fraction of sp³-hybridized carbons (Fsp3) is 0.278. The van der Waals surface area contributed by atoms with E-state index in [1.807, 2.05) is 0 Å². The third-order valence-corrected chi connectivity index (χ3v) is 4.95. The molecule has 0 aliphatic heterocycles. The van der Waals surface area contributed by atoms with Gasteiger partial charge in [-0.3, -0.25) is 0 Å². The summed E-state index contributed by atoms with van der Waals surface area (Å²) in [7, 11) is 0. The van der Waals surface area contributed by atoms with Crippen molar-refractivity contribution >= 4 is 53.7 Å². The number of benzene rings is 2. The van der Waals surface area contributed by atoms with Gasteiger partial charge in [0.2, 0.25) is 0 Å². The maximum absolute atomic E-state index is 8.62. The van der Waals surface area contributed by atoms with Crippen LogP contribution in [0.3, 0.4) is 0 Å². The summed E-state index contributed by atoms with van der Waals surface area (Å²) in [4.78, 5) is 0. The number of aryl methyl sites for hydroxylation is 1. The Morgan fingerprint density at radius 2 is 1.45 bits per heavy atom. The Hall–Kier alpha value is -1.31. The first-order valence-electron chi connectivity index (χ1n) is 7.44. The van der Waals surface area contributed by atoms with Crippen LogP contribution in [0.2, 0.25) is 0 Å². The first kappa shape index (κ1) is 15.6. The van der Waals surface area contributed by atoms with Gasteiger partial charge in [0, 0.05) is 43.7 Å². The van der Waals surface area contributed by atoms with Crippen LogP contribution in [-0.4, -0.2) is 4.57 Å². The predicted octanol–water partition coefficient (Wildman–Crippen LogP) is 6.40. The third-order valence-electron chi connectivity index (χ3n) is 3.96. The molecule has 0 N–H and O–H groups in total. The van der Waals surface area contributed by atoms with Crippen LogP contribution in [0, 0.1) is 11.3 Å². The van der Waals surface area contributed by atoms with Gasteiger partial charge in [0.25, 0.3) is 0 Å². The van der Waals surface area contributed by atoms with E-state index in [-0.39, 0.29) is 0 Å². The minimum Gasteiger partial charge on any atom is -0.340 e. The number of unbranched alkanes of at least 4 members (excludes halogenated alkanes) is 3. The van der Waals surface area contributed by atoms with Crippen LogP contribution in [0.4, 0.5) is 0 Å². The van der Waals surface area contributed by atoms with Gasteiger partial charge in [0.1, 0.15) is 0 Å². The molecule has 4 heteroatoms. The molecule has 2 aromatic carbocycles. The average molecular weight is 420 g/mol. The van der Waals surface area contributed by atoms with Gasteiger partial charge >= 0.3 is 0 Å². The maximum Gasteiger partial charge on any atom is 0.0621 e. The van der Waals surface area contributed by atoms with Crippen molar-refractivity contribution in [3.63, 3.8) is 0 Å². The van der Waals surface area contributed by atoms with Crippen molar-refractivity contribution in [2.45, 2.75) is 32.2 Å². The minimum atomic E-state index is 0.660. The molecule has 3 aromatic rings. The normalized spacial score (nSPS) is 11.1. The van der Waals surface area contributed by atoms with E-state index < -0.39 is 0 Å². The molecule has 0 atom stereocenters. The quantitative estimate of drug-likeness (QED) is 0.439. The average Bonchev–Trinajstić information content (AvgIpc) is 2.80. The number of hydrogen-bond donors (Lipinski definition) is 0. The Bertz CT molecular complexity index is 800. The second-order valence-corrected chi connectivity index (χ2v) is 7.27. The highest BCUT2D eigenvalue weighted by Gasteiger charge is 2.11. The van der Waals surface area contributed by atoms with E-state index in [0.717, 1.165) is 34.8 Å². The van der Waals surface area contributed by atoms with Gasteiger partial charge in [-0.2, -0.15) is 5.26 Å². The molecule has 0 saturated heterocycles. The molecule has 0 aliphatic rings. The smallest absolute Gasteiger partial charge is 0.0621 e. The Morgan fingerprint density at radius 1 is 0.864 bits per heavy atom. The highest BCUT2D eigenvalue weighted by Crippen LogP contribution is 2.33. The summed E-state index contributed by atoms with van der Waals surface area (Å²) in [5.41, 5.74) is 2.55. The zero-order chi connectivity index (χ0) is 15.5. The van der Waals surface area contributed by atoms with E-state index in [1.165, 1.54) is 21.8 Å². The van der Waals surface area contributed by atoms with Crippen LogP contribution in [0.5, 0.6) is 0 Å². The molecular formula is C18H16Br2N2. The molecule has 0 saturated carbocycles. The van der Waals surface area contributed by atoms with E-state index in [9.17, 15) is 0 Å². The summed E-state index contributed by atoms with van der Waals surface area (Å²) in [6.07, 6.45) is 3.85. The number of rotatable bonds is 5. The van der Waals surface area contributed by atoms with Crippen molar-refractivity contribution < 1.29 is 0 Å². The lowest BCUT2D eigenvalue weighted by atomic mass is 10.2. The summed E-state index contributed by atoms with van der Waals surface area (Å²) < 4.78 is 4.61. The lowest BCUT2D eigenvalue weighted by molar-refractivity contribution is 0.614.